The van der Waals surface area contributed by atoms with Crippen molar-refractivity contribution in [1.82, 2.24) is 19.5 Å². The molecule has 0 amide bonds. The normalized spacial score (nSPS) is 24.7. The second-order valence-corrected chi connectivity index (χ2v) is 6.13. The summed E-state index contributed by atoms with van der Waals surface area (Å²) in [6.07, 6.45) is -0.142. The zero-order chi connectivity index (χ0) is 16.6. The molecule has 1 fully saturated rings. The number of aromatic nitrogens is 4. The van der Waals surface area contributed by atoms with Crippen LogP contribution in [0.4, 0.5) is 5.95 Å². The Morgan fingerprint density at radius 2 is 2.35 bits per heavy atom. The van der Waals surface area contributed by atoms with E-state index in [0.29, 0.717) is 30.5 Å². The van der Waals surface area contributed by atoms with Crippen LogP contribution < -0.4 is 10.9 Å². The quantitative estimate of drug-likeness (QED) is 0.602. The number of hydrogen-bond acceptors (Lipinski definition) is 7. The van der Waals surface area contributed by atoms with Gasteiger partial charge in [0.15, 0.2) is 11.2 Å². The van der Waals surface area contributed by atoms with Gasteiger partial charge in [-0.15, -0.1) is 0 Å². The van der Waals surface area contributed by atoms with Crippen molar-refractivity contribution in [2.24, 2.45) is 5.92 Å². The highest BCUT2D eigenvalue weighted by Crippen LogP contribution is 2.30. The highest BCUT2D eigenvalue weighted by atomic mass is 16.5. The first-order chi connectivity index (χ1) is 11.0. The summed E-state index contributed by atoms with van der Waals surface area (Å²) in [5.41, 5.74) is 0.263. The first kappa shape index (κ1) is 15.9. The minimum absolute atomic E-state index is 0.214. The van der Waals surface area contributed by atoms with Crippen molar-refractivity contribution < 1.29 is 14.9 Å². The van der Waals surface area contributed by atoms with Crippen molar-refractivity contribution in [2.75, 3.05) is 18.5 Å². The van der Waals surface area contributed by atoms with E-state index >= 15 is 0 Å². The average Bonchev–Trinajstić information content (AvgIpc) is 3.08. The predicted octanol–water partition coefficient (Wildman–Crippen LogP) is -0.172. The highest BCUT2D eigenvalue weighted by molar-refractivity contribution is 5.70. The van der Waals surface area contributed by atoms with E-state index in [2.05, 4.69) is 34.1 Å². The third-order valence-corrected chi connectivity index (χ3v) is 3.80. The Kier molecular flexibility index (Phi) is 4.33. The standard InChI is InChI=1S/C14H21N5O4/c1-7(2)4-15-14-17-12-11(13(22)18-14)16-6-19(12)10-3-8(21)9(5-20)23-10/h6-10,20-21H,3-5H2,1-2H3,(H2,15,17,18,22)/t8-,9+,10+/m1/s1. The van der Waals surface area contributed by atoms with Gasteiger partial charge in [0, 0.05) is 13.0 Å². The Bertz CT molecular complexity index is 740. The molecule has 3 heterocycles. The largest absolute Gasteiger partial charge is 0.394 e. The first-order valence-corrected chi connectivity index (χ1v) is 7.64. The minimum Gasteiger partial charge on any atom is -0.394 e. The van der Waals surface area contributed by atoms with E-state index in [1.54, 1.807) is 4.57 Å². The highest BCUT2D eigenvalue weighted by Gasteiger charge is 2.35. The number of fused-ring (bicyclic) bond motifs is 1. The third-order valence-electron chi connectivity index (χ3n) is 3.80. The summed E-state index contributed by atoms with van der Waals surface area (Å²) in [7, 11) is 0. The first-order valence-electron chi connectivity index (χ1n) is 7.64. The molecule has 1 aliphatic heterocycles. The van der Waals surface area contributed by atoms with Gasteiger partial charge in [-0.2, -0.15) is 4.98 Å². The van der Waals surface area contributed by atoms with E-state index in [-0.39, 0.29) is 17.7 Å². The van der Waals surface area contributed by atoms with Crippen LogP contribution in [0.15, 0.2) is 11.1 Å². The second-order valence-electron chi connectivity index (χ2n) is 6.13. The van der Waals surface area contributed by atoms with Gasteiger partial charge in [0.1, 0.15) is 12.3 Å². The SMILES string of the molecule is CC(C)CNc1nc2c(ncn2[C@@H]2C[C@@H](O)[C@H](CO)O2)c(=O)[nH]1. The molecule has 0 bridgehead atoms. The maximum Gasteiger partial charge on any atom is 0.280 e. The lowest BCUT2D eigenvalue weighted by atomic mass is 10.2. The summed E-state index contributed by atoms with van der Waals surface area (Å²) in [5, 5.41) is 22.1. The van der Waals surface area contributed by atoms with Crippen molar-refractivity contribution >= 4 is 17.1 Å². The van der Waals surface area contributed by atoms with Crippen LogP contribution >= 0.6 is 0 Å². The summed E-state index contributed by atoms with van der Waals surface area (Å²) in [6, 6.07) is 0. The summed E-state index contributed by atoms with van der Waals surface area (Å²) < 4.78 is 7.22. The van der Waals surface area contributed by atoms with Crippen LogP contribution in [0, 0.1) is 5.92 Å². The van der Waals surface area contributed by atoms with Gasteiger partial charge in [0.2, 0.25) is 5.95 Å². The molecule has 0 saturated carbocycles. The average molecular weight is 323 g/mol. The smallest absolute Gasteiger partial charge is 0.280 e. The number of anilines is 1. The number of ether oxygens (including phenoxy) is 1. The van der Waals surface area contributed by atoms with Crippen molar-refractivity contribution in [2.45, 2.75) is 38.7 Å². The maximum absolute atomic E-state index is 12.1. The third kappa shape index (κ3) is 3.07. The van der Waals surface area contributed by atoms with Crippen LogP contribution in [0.3, 0.4) is 0 Å². The summed E-state index contributed by atoms with van der Waals surface area (Å²) >= 11 is 0. The van der Waals surface area contributed by atoms with Gasteiger partial charge >= 0.3 is 0 Å². The zero-order valence-electron chi connectivity index (χ0n) is 13.1. The van der Waals surface area contributed by atoms with Crippen LogP contribution in [0.25, 0.3) is 11.2 Å². The van der Waals surface area contributed by atoms with Crippen molar-refractivity contribution in [3.63, 3.8) is 0 Å². The fourth-order valence-corrected chi connectivity index (χ4v) is 2.57. The lowest BCUT2D eigenvalue weighted by Crippen LogP contribution is -2.24. The van der Waals surface area contributed by atoms with Crippen LogP contribution in [0.5, 0.6) is 0 Å². The molecule has 126 valence electrons. The molecule has 4 N–H and O–H groups in total. The van der Waals surface area contributed by atoms with Gasteiger partial charge < -0.3 is 20.3 Å². The maximum atomic E-state index is 12.1. The molecule has 23 heavy (non-hydrogen) atoms. The molecule has 0 aliphatic carbocycles. The number of hydrogen-bond donors (Lipinski definition) is 4. The topological polar surface area (TPSA) is 125 Å². The number of imidazole rings is 1. The van der Waals surface area contributed by atoms with Crippen molar-refractivity contribution in [3.05, 3.63) is 16.7 Å². The number of aromatic amines is 1. The predicted molar refractivity (Wildman–Crippen MR) is 83.1 cm³/mol. The fraction of sp³-hybridized carbons (Fsp3) is 0.643. The molecular weight excluding hydrogens is 302 g/mol. The summed E-state index contributed by atoms with van der Waals surface area (Å²) in [6.45, 7) is 4.51. The second kappa shape index (κ2) is 6.26. The van der Waals surface area contributed by atoms with Gasteiger partial charge in [-0.1, -0.05) is 13.8 Å². The summed E-state index contributed by atoms with van der Waals surface area (Å²) in [4.78, 5) is 23.2. The molecule has 9 heteroatoms. The van der Waals surface area contributed by atoms with Gasteiger partial charge in [0.05, 0.1) is 19.0 Å². The molecule has 0 aromatic carbocycles. The Morgan fingerprint density at radius 1 is 1.57 bits per heavy atom. The van der Waals surface area contributed by atoms with Crippen LogP contribution in [-0.4, -0.2) is 55.1 Å². The Morgan fingerprint density at radius 3 is 3.00 bits per heavy atom. The van der Waals surface area contributed by atoms with E-state index in [4.69, 9.17) is 4.74 Å². The van der Waals surface area contributed by atoms with E-state index in [1.807, 2.05) is 0 Å². The van der Waals surface area contributed by atoms with Gasteiger partial charge in [-0.3, -0.25) is 14.3 Å². The Labute approximate surface area is 132 Å². The Balaban J connectivity index is 1.94. The molecule has 0 spiro atoms. The van der Waals surface area contributed by atoms with Crippen LogP contribution in [0.1, 0.15) is 26.5 Å². The van der Waals surface area contributed by atoms with Gasteiger partial charge in [-0.05, 0) is 5.92 Å². The molecule has 3 atom stereocenters. The minimum atomic E-state index is -0.761. The molecule has 1 saturated heterocycles. The number of nitrogens with zero attached hydrogens (tertiary/aromatic N) is 3. The van der Waals surface area contributed by atoms with Crippen molar-refractivity contribution in [1.29, 1.82) is 0 Å². The van der Waals surface area contributed by atoms with Crippen LogP contribution in [-0.2, 0) is 4.74 Å². The fourth-order valence-electron chi connectivity index (χ4n) is 2.57. The molecule has 3 rings (SSSR count). The van der Waals surface area contributed by atoms with E-state index in [0.717, 1.165) is 0 Å². The molecule has 0 unspecified atom stereocenters. The number of nitrogens with one attached hydrogen (secondary N) is 2. The zero-order valence-corrected chi connectivity index (χ0v) is 13.1. The summed E-state index contributed by atoms with van der Waals surface area (Å²) in [5.74, 6) is 0.773. The van der Waals surface area contributed by atoms with Crippen molar-refractivity contribution in [3.8, 4) is 0 Å². The van der Waals surface area contributed by atoms with Gasteiger partial charge in [0.25, 0.3) is 5.56 Å². The van der Waals surface area contributed by atoms with Gasteiger partial charge in [-0.25, -0.2) is 4.98 Å². The van der Waals surface area contributed by atoms with E-state index in [1.165, 1.54) is 6.33 Å². The van der Waals surface area contributed by atoms with Crippen LogP contribution in [0.2, 0.25) is 0 Å². The molecule has 2 aromatic rings. The van der Waals surface area contributed by atoms with E-state index < -0.39 is 18.4 Å². The number of aliphatic hydroxyl groups excluding tert-OH is 2. The number of rotatable bonds is 5. The number of aliphatic hydroxyl groups is 2. The number of H-pyrrole nitrogens is 1. The molecule has 0 radical (unpaired) electrons. The Hall–Kier alpha value is -1.97. The lowest BCUT2D eigenvalue weighted by molar-refractivity contribution is -0.0432. The van der Waals surface area contributed by atoms with E-state index in [9.17, 15) is 15.0 Å². The molecule has 9 nitrogen and oxygen atoms in total. The monoisotopic (exact) mass is 323 g/mol. The molecule has 2 aromatic heterocycles. The molecular formula is C14H21N5O4. The molecule has 1 aliphatic rings. The lowest BCUT2D eigenvalue weighted by Gasteiger charge is -2.14.